The maximum atomic E-state index is 15.6. The van der Waals surface area contributed by atoms with Crippen LogP contribution in [0, 0.1) is 39.2 Å². The maximum absolute atomic E-state index is 15.6. The number of carbonyl (C=O) groups excluding carboxylic acids is 2. The van der Waals surface area contributed by atoms with E-state index in [4.69, 9.17) is 33.7 Å². The molecule has 0 radical (unpaired) electrons. The molecule has 4 aromatic carbocycles. The molecule has 0 bridgehead atoms. The molecule has 426 valence electrons. The summed E-state index contributed by atoms with van der Waals surface area (Å²) in [5.41, 5.74) is 4.09. The Morgan fingerprint density at radius 3 is 2.25 bits per heavy atom. The van der Waals surface area contributed by atoms with E-state index in [1.165, 1.54) is 57.1 Å². The van der Waals surface area contributed by atoms with Crippen LogP contribution >= 0.6 is 0 Å². The van der Waals surface area contributed by atoms with Gasteiger partial charge in [0.05, 0.1) is 34.8 Å². The summed E-state index contributed by atoms with van der Waals surface area (Å²) in [5, 5.41) is 49.4. The number of carbonyl (C=O) groups is 2. The largest absolute Gasteiger partial charge is 0.459 e. The van der Waals surface area contributed by atoms with Crippen LogP contribution in [0.2, 0.25) is 0 Å². The molecule has 0 aromatic heterocycles. The highest BCUT2D eigenvalue weighted by atomic mass is 16.7. The summed E-state index contributed by atoms with van der Waals surface area (Å²) in [6.07, 6.45) is 19.1. The first-order valence-corrected chi connectivity index (χ1v) is 28.7. The number of nitro benzene ring substituents is 1. The molecular weight excluding hydrogens is 1020 g/mol. The standard InChI is InChI=1S/C63H77N5O12/c1-3-5-6-7-8-9-10-11-12-15-32-65-62(72)79-50-29-31-55-53(38-50)59-51(19-14-17-34-70)48(18-13-16-33-69)37-52-54(66-78-42-45-22-27-49(28-23-45)68(73)74)39-58(63(80-55,60(52)59)77-35-4-2)67(61(71)47-25-20-44(40-64)21-26-47)41-46-24-30-56-57(36-46)76-43-75-56/h4,20-31,36-38,48,51,58-60,69-70H,2-3,5-19,32-35,39,41-43H2,1H3,(H,65,72). The van der Waals surface area contributed by atoms with E-state index in [-0.39, 0.29) is 69.6 Å². The van der Waals surface area contributed by atoms with Crippen LogP contribution in [-0.2, 0) is 22.7 Å². The molecule has 80 heavy (non-hydrogen) atoms. The van der Waals surface area contributed by atoms with E-state index in [0.717, 1.165) is 42.4 Å². The maximum Gasteiger partial charge on any atom is 0.412 e. The monoisotopic (exact) mass is 1100 g/mol. The zero-order valence-electron chi connectivity index (χ0n) is 46.1. The molecule has 17 nitrogen and oxygen atoms in total. The van der Waals surface area contributed by atoms with Crippen molar-refractivity contribution in [2.45, 2.75) is 147 Å². The zero-order valence-corrected chi connectivity index (χ0v) is 46.1. The minimum Gasteiger partial charge on any atom is -0.459 e. The predicted octanol–water partition coefficient (Wildman–Crippen LogP) is 12.4. The highest BCUT2D eigenvalue weighted by molar-refractivity contribution is 6.03. The molecule has 2 aliphatic heterocycles. The van der Waals surface area contributed by atoms with Gasteiger partial charge in [0, 0.05) is 61.9 Å². The zero-order chi connectivity index (χ0) is 56.3. The molecule has 1 fully saturated rings. The topological polar surface area (TPSA) is 225 Å². The lowest BCUT2D eigenvalue weighted by atomic mass is 9.55. The molecule has 4 aromatic rings. The van der Waals surface area contributed by atoms with Gasteiger partial charge in [-0.3, -0.25) is 14.9 Å². The molecule has 0 saturated heterocycles. The van der Waals surface area contributed by atoms with Crippen molar-refractivity contribution in [1.29, 1.82) is 5.26 Å². The number of nitro groups is 1. The summed E-state index contributed by atoms with van der Waals surface area (Å²) in [5.74, 6) is -1.47. The summed E-state index contributed by atoms with van der Waals surface area (Å²) in [4.78, 5) is 48.3. The smallest absolute Gasteiger partial charge is 0.412 e. The van der Waals surface area contributed by atoms with Crippen molar-refractivity contribution in [3.8, 4) is 29.1 Å². The van der Waals surface area contributed by atoms with E-state index in [0.29, 0.717) is 84.0 Å². The van der Waals surface area contributed by atoms with Gasteiger partial charge in [0.1, 0.15) is 24.1 Å². The van der Waals surface area contributed by atoms with E-state index in [9.17, 15) is 30.4 Å². The fourth-order valence-corrected chi connectivity index (χ4v) is 12.0. The van der Waals surface area contributed by atoms with E-state index in [1.807, 2.05) is 24.3 Å². The van der Waals surface area contributed by atoms with E-state index < -0.39 is 34.7 Å². The molecular formula is C63H77N5O12. The van der Waals surface area contributed by atoms with E-state index in [1.54, 1.807) is 59.5 Å². The van der Waals surface area contributed by atoms with Crippen molar-refractivity contribution in [2.75, 3.05) is 33.2 Å². The van der Waals surface area contributed by atoms with Crippen molar-refractivity contribution in [2.24, 2.45) is 22.9 Å². The molecule has 2 heterocycles. The Bertz CT molecular complexity index is 2830. The number of amides is 2. The number of nitriles is 1. The van der Waals surface area contributed by atoms with Gasteiger partial charge in [0.25, 0.3) is 11.6 Å². The summed E-state index contributed by atoms with van der Waals surface area (Å²) < 4.78 is 32.3. The number of non-ortho nitro benzene ring substituents is 1. The van der Waals surface area contributed by atoms with Crippen LogP contribution in [-0.4, -0.2) is 82.7 Å². The van der Waals surface area contributed by atoms with Gasteiger partial charge in [0.15, 0.2) is 11.5 Å². The molecule has 6 unspecified atom stereocenters. The third-order valence-electron chi connectivity index (χ3n) is 15.9. The number of allylic oxidation sites excluding steroid dienone is 1. The Morgan fingerprint density at radius 1 is 0.863 bits per heavy atom. The Morgan fingerprint density at radius 2 is 1.55 bits per heavy atom. The van der Waals surface area contributed by atoms with Gasteiger partial charge < -0.3 is 49.0 Å². The Hall–Kier alpha value is -7.26. The number of rotatable bonds is 31. The van der Waals surface area contributed by atoms with Crippen LogP contribution in [0.5, 0.6) is 23.0 Å². The van der Waals surface area contributed by atoms with Crippen molar-refractivity contribution in [3.05, 3.63) is 147 Å². The Labute approximate surface area is 469 Å². The summed E-state index contributed by atoms with van der Waals surface area (Å²) >= 11 is 0. The number of aliphatic hydroxyl groups excluding tert-OH is 2. The number of nitrogens with one attached hydrogen (secondary N) is 1. The van der Waals surface area contributed by atoms with Gasteiger partial charge in [-0.25, -0.2) is 4.79 Å². The third-order valence-corrected chi connectivity index (χ3v) is 15.9. The SMILES string of the molecule is C=CCOC12Oc3ccc(OC(=O)NCCCCCCCCCCCC)cc3C3C(CCCCO)C(CCCCO)C=C(C(=NOCc4ccc([N+](=O)[O-])cc4)CC1N(Cc1ccc4c(c1)OCO4)C(=O)c1ccc(C#N)cc1)C32. The first-order chi connectivity index (χ1) is 39.1. The second-order valence-electron chi connectivity index (χ2n) is 21.3. The Kier molecular flexibility index (Phi) is 21.5. The van der Waals surface area contributed by atoms with E-state index >= 15 is 4.79 Å². The van der Waals surface area contributed by atoms with Gasteiger partial charge >= 0.3 is 6.09 Å². The van der Waals surface area contributed by atoms with E-state index in [2.05, 4.69) is 31.0 Å². The number of fused-ring (bicyclic) bond motifs is 3. The second kappa shape index (κ2) is 29.3. The van der Waals surface area contributed by atoms with Crippen molar-refractivity contribution >= 4 is 23.4 Å². The number of hydrogen-bond donors (Lipinski definition) is 3. The first-order valence-electron chi connectivity index (χ1n) is 28.7. The normalized spacial score (nSPS) is 20.8. The van der Waals surface area contributed by atoms with Gasteiger partial charge in [-0.05, 0) is 127 Å². The van der Waals surface area contributed by atoms with Gasteiger partial charge in [-0.2, -0.15) is 5.26 Å². The predicted molar refractivity (Wildman–Crippen MR) is 302 cm³/mol. The number of unbranched alkanes of at least 4 members (excludes halogenated alkanes) is 11. The quantitative estimate of drug-likeness (QED) is 0.0185. The van der Waals surface area contributed by atoms with Crippen LogP contribution in [0.15, 0.2) is 114 Å². The minimum atomic E-state index is -1.65. The molecule has 4 aliphatic rings. The summed E-state index contributed by atoms with van der Waals surface area (Å²) in [6.45, 7) is 6.89. The number of oxime groups is 1. The van der Waals surface area contributed by atoms with Crippen LogP contribution < -0.4 is 24.3 Å². The summed E-state index contributed by atoms with van der Waals surface area (Å²) in [6, 6.07) is 24.7. The second-order valence-corrected chi connectivity index (χ2v) is 21.3. The molecule has 2 aliphatic carbocycles. The number of nitrogens with zero attached hydrogens (tertiary/aromatic N) is 4. The molecule has 3 N–H and O–H groups in total. The third kappa shape index (κ3) is 14.6. The average Bonchev–Trinajstić information content (AvgIpc) is 3.70. The number of ether oxygens (including phenoxy) is 5. The fourth-order valence-electron chi connectivity index (χ4n) is 12.0. The first kappa shape index (κ1) is 58.9. The summed E-state index contributed by atoms with van der Waals surface area (Å²) in [7, 11) is 0. The Balaban J connectivity index is 1.23. The minimum absolute atomic E-state index is 0.00659. The van der Waals surface area contributed by atoms with Crippen LogP contribution in [0.25, 0.3) is 0 Å². The van der Waals surface area contributed by atoms with Crippen LogP contribution in [0.4, 0.5) is 10.5 Å². The fraction of sp³-hybridized carbons (Fsp3) is 0.492. The lowest BCUT2D eigenvalue weighted by Crippen LogP contribution is -2.70. The van der Waals surface area contributed by atoms with Gasteiger partial charge in [0.2, 0.25) is 12.6 Å². The van der Waals surface area contributed by atoms with Crippen molar-refractivity contribution in [1.82, 2.24) is 10.2 Å². The molecule has 17 heteroatoms. The number of benzene rings is 4. The lowest BCUT2D eigenvalue weighted by molar-refractivity contribution is -0.384. The highest BCUT2D eigenvalue weighted by Crippen LogP contribution is 2.62. The molecule has 2 amide bonds. The number of hydrogen-bond acceptors (Lipinski definition) is 14. The van der Waals surface area contributed by atoms with Gasteiger partial charge in [-0.15, -0.1) is 6.58 Å². The number of aliphatic hydroxyl groups is 2. The molecule has 0 spiro atoms. The molecule has 6 atom stereocenters. The van der Waals surface area contributed by atoms with Crippen molar-refractivity contribution in [3.63, 3.8) is 0 Å². The van der Waals surface area contributed by atoms with Crippen molar-refractivity contribution < 1.29 is 53.2 Å². The highest BCUT2D eigenvalue weighted by Gasteiger charge is 2.65. The van der Waals surface area contributed by atoms with Crippen LogP contribution in [0.3, 0.4) is 0 Å². The lowest BCUT2D eigenvalue weighted by Gasteiger charge is -2.60. The van der Waals surface area contributed by atoms with Crippen LogP contribution in [0.1, 0.15) is 155 Å². The average molecular weight is 1100 g/mol. The van der Waals surface area contributed by atoms with Gasteiger partial charge in [-0.1, -0.05) is 101 Å². The molecule has 1 saturated carbocycles. The molecule has 8 rings (SSSR count).